The SMILES string of the molecule is c1cc2cc(c1)CNCc1ccc(cc1)COCc1cccc(n1)COCc1ccc(cc1)CNC2. The average Bonchev–Trinajstić information content (AvgIpc) is 2.91. The predicted molar refractivity (Wildman–Crippen MR) is 142 cm³/mol. The van der Waals surface area contributed by atoms with Gasteiger partial charge in [0.25, 0.3) is 0 Å². The van der Waals surface area contributed by atoms with E-state index in [1.54, 1.807) is 0 Å². The fourth-order valence-electron chi connectivity index (χ4n) is 4.30. The van der Waals surface area contributed by atoms with Gasteiger partial charge in [-0.3, -0.25) is 4.98 Å². The van der Waals surface area contributed by atoms with Gasteiger partial charge in [-0.05, 0) is 45.5 Å². The third kappa shape index (κ3) is 7.33. The van der Waals surface area contributed by atoms with E-state index >= 15 is 0 Å². The van der Waals surface area contributed by atoms with Crippen molar-refractivity contribution in [3.05, 3.63) is 136 Å². The Morgan fingerprint density at radius 1 is 0.444 bits per heavy atom. The summed E-state index contributed by atoms with van der Waals surface area (Å²) in [6, 6.07) is 32.0. The van der Waals surface area contributed by atoms with Gasteiger partial charge in [0.2, 0.25) is 0 Å². The molecular weight excluding hydrogens is 446 g/mol. The van der Waals surface area contributed by atoms with Crippen LogP contribution in [-0.4, -0.2) is 4.98 Å². The van der Waals surface area contributed by atoms with Crippen molar-refractivity contribution < 1.29 is 9.47 Å². The van der Waals surface area contributed by atoms with Crippen LogP contribution < -0.4 is 10.6 Å². The molecule has 0 aliphatic carbocycles. The Morgan fingerprint density at radius 2 is 0.861 bits per heavy atom. The zero-order chi connectivity index (χ0) is 24.4. The minimum atomic E-state index is 0.478. The number of hydrogen-bond acceptors (Lipinski definition) is 5. The molecule has 1 aromatic heterocycles. The van der Waals surface area contributed by atoms with E-state index in [-0.39, 0.29) is 0 Å². The second kappa shape index (κ2) is 12.6. The van der Waals surface area contributed by atoms with E-state index in [4.69, 9.17) is 9.47 Å². The molecule has 4 aliphatic rings. The Kier molecular flexibility index (Phi) is 8.50. The van der Waals surface area contributed by atoms with Gasteiger partial charge in [0.1, 0.15) is 0 Å². The second-order valence-corrected chi connectivity index (χ2v) is 9.27. The van der Waals surface area contributed by atoms with Crippen LogP contribution in [0.4, 0.5) is 0 Å². The Labute approximate surface area is 213 Å². The van der Waals surface area contributed by atoms with Crippen molar-refractivity contribution in [3.63, 3.8) is 0 Å². The summed E-state index contributed by atoms with van der Waals surface area (Å²) in [4.78, 5) is 4.69. The Balaban J connectivity index is 1.26. The van der Waals surface area contributed by atoms with Crippen LogP contribution in [-0.2, 0) is 62.1 Å². The zero-order valence-corrected chi connectivity index (χ0v) is 20.6. The number of nitrogens with zero attached hydrogens (tertiary/aromatic N) is 1. The first kappa shape index (κ1) is 24.3. The highest BCUT2D eigenvalue weighted by Crippen LogP contribution is 2.12. The van der Waals surface area contributed by atoms with Gasteiger partial charge in [0, 0.05) is 26.2 Å². The summed E-state index contributed by atoms with van der Waals surface area (Å²) in [6.45, 7) is 5.43. The molecule has 184 valence electrons. The molecule has 8 rings (SSSR count). The first-order chi connectivity index (χ1) is 17.8. The number of rotatable bonds is 0. The topological polar surface area (TPSA) is 55.4 Å². The van der Waals surface area contributed by atoms with E-state index in [0.717, 1.165) is 48.7 Å². The van der Waals surface area contributed by atoms with Crippen LogP contribution in [0.5, 0.6) is 0 Å². The van der Waals surface area contributed by atoms with E-state index in [1.165, 1.54) is 22.3 Å². The second-order valence-electron chi connectivity index (χ2n) is 9.27. The van der Waals surface area contributed by atoms with Crippen molar-refractivity contribution in [2.24, 2.45) is 0 Å². The highest BCUT2D eigenvalue weighted by atomic mass is 16.5. The average molecular weight is 480 g/mol. The molecule has 4 aliphatic heterocycles. The summed E-state index contributed by atoms with van der Waals surface area (Å²) < 4.78 is 11.9. The summed E-state index contributed by atoms with van der Waals surface area (Å²) in [5.74, 6) is 0. The van der Waals surface area contributed by atoms with Crippen molar-refractivity contribution in [1.29, 1.82) is 0 Å². The minimum Gasteiger partial charge on any atom is -0.370 e. The van der Waals surface area contributed by atoms with Gasteiger partial charge < -0.3 is 20.1 Å². The molecular formula is C31H33N3O2. The van der Waals surface area contributed by atoms with Crippen molar-refractivity contribution in [2.45, 2.75) is 52.6 Å². The molecule has 8 bridgehead atoms. The summed E-state index contributed by atoms with van der Waals surface area (Å²) in [7, 11) is 0. The number of ether oxygens (including phenoxy) is 2. The number of hydrogen-bond donors (Lipinski definition) is 2. The smallest absolute Gasteiger partial charge is 0.0892 e. The molecule has 2 N–H and O–H groups in total. The molecule has 0 atom stereocenters. The molecule has 0 saturated heterocycles. The van der Waals surface area contributed by atoms with Crippen LogP contribution in [0.2, 0.25) is 0 Å². The fourth-order valence-corrected chi connectivity index (χ4v) is 4.30. The molecule has 3 aromatic carbocycles. The van der Waals surface area contributed by atoms with Crippen molar-refractivity contribution in [1.82, 2.24) is 15.6 Å². The van der Waals surface area contributed by atoms with Gasteiger partial charge in [-0.25, -0.2) is 0 Å². The quantitative estimate of drug-likeness (QED) is 0.353. The molecule has 5 heterocycles. The summed E-state index contributed by atoms with van der Waals surface area (Å²) >= 11 is 0. The van der Waals surface area contributed by atoms with Crippen molar-refractivity contribution in [2.75, 3.05) is 0 Å². The van der Waals surface area contributed by atoms with Crippen LogP contribution in [0, 0.1) is 0 Å². The lowest BCUT2D eigenvalue weighted by Gasteiger charge is -2.10. The monoisotopic (exact) mass is 479 g/mol. The molecule has 0 fully saturated rings. The number of nitrogens with one attached hydrogen (secondary N) is 2. The highest BCUT2D eigenvalue weighted by molar-refractivity contribution is 5.26. The first-order valence-electron chi connectivity index (χ1n) is 12.6. The molecule has 36 heavy (non-hydrogen) atoms. The lowest BCUT2D eigenvalue weighted by molar-refractivity contribution is 0.0980. The normalized spacial score (nSPS) is 15.6. The van der Waals surface area contributed by atoms with Gasteiger partial charge in [0.15, 0.2) is 0 Å². The summed E-state index contributed by atoms with van der Waals surface area (Å²) in [6.07, 6.45) is 0. The van der Waals surface area contributed by atoms with E-state index < -0.39 is 0 Å². The molecule has 0 unspecified atom stereocenters. The predicted octanol–water partition coefficient (Wildman–Crippen LogP) is 5.41. The maximum atomic E-state index is 5.93. The maximum absolute atomic E-state index is 5.93. The Morgan fingerprint density at radius 3 is 1.36 bits per heavy atom. The van der Waals surface area contributed by atoms with Crippen molar-refractivity contribution in [3.8, 4) is 0 Å². The molecule has 0 radical (unpaired) electrons. The minimum absolute atomic E-state index is 0.478. The van der Waals surface area contributed by atoms with Crippen LogP contribution >= 0.6 is 0 Å². The van der Waals surface area contributed by atoms with Gasteiger partial charge >= 0.3 is 0 Å². The lowest BCUT2D eigenvalue weighted by Crippen LogP contribution is -2.15. The van der Waals surface area contributed by atoms with E-state index in [2.05, 4.69) is 88.4 Å². The van der Waals surface area contributed by atoms with Crippen LogP contribution in [0.25, 0.3) is 0 Å². The van der Waals surface area contributed by atoms with E-state index in [9.17, 15) is 0 Å². The molecule has 0 spiro atoms. The Bertz CT molecular complexity index is 1050. The van der Waals surface area contributed by atoms with Crippen LogP contribution in [0.1, 0.15) is 44.8 Å². The number of aromatic nitrogens is 1. The summed E-state index contributed by atoms with van der Waals surface area (Å²) in [5.41, 5.74) is 9.26. The number of benzene rings is 3. The van der Waals surface area contributed by atoms with Gasteiger partial charge in [-0.15, -0.1) is 0 Å². The zero-order valence-electron chi connectivity index (χ0n) is 20.6. The largest absolute Gasteiger partial charge is 0.370 e. The third-order valence-corrected chi connectivity index (χ3v) is 6.26. The first-order valence-corrected chi connectivity index (χ1v) is 12.6. The highest BCUT2D eigenvalue weighted by Gasteiger charge is 2.03. The van der Waals surface area contributed by atoms with E-state index in [0.29, 0.717) is 26.4 Å². The maximum Gasteiger partial charge on any atom is 0.0892 e. The number of pyridine rings is 1. The Hall–Kier alpha value is -3.35. The van der Waals surface area contributed by atoms with E-state index in [1.807, 2.05) is 18.2 Å². The molecule has 5 heteroatoms. The van der Waals surface area contributed by atoms with Crippen LogP contribution in [0.3, 0.4) is 0 Å². The van der Waals surface area contributed by atoms with Crippen LogP contribution in [0.15, 0.2) is 91.0 Å². The molecule has 4 aromatic rings. The van der Waals surface area contributed by atoms with Gasteiger partial charge in [-0.1, -0.05) is 78.9 Å². The standard InChI is InChI=1S/C31H33N3O2/c1-3-28-15-29(4-1)19-33-17-25-9-13-27(14-10-25)21-36-23-31-6-2-5-30(34-31)22-35-20-26-11-7-24(8-12-26)16-32-18-28/h1-15,32-33H,16-23H2. The molecule has 5 nitrogen and oxygen atoms in total. The van der Waals surface area contributed by atoms with Crippen molar-refractivity contribution >= 4 is 0 Å². The fraction of sp³-hybridized carbons (Fsp3) is 0.258. The van der Waals surface area contributed by atoms with Gasteiger partial charge in [0.05, 0.1) is 37.8 Å². The van der Waals surface area contributed by atoms with Gasteiger partial charge in [-0.2, -0.15) is 0 Å². The molecule has 0 saturated carbocycles. The third-order valence-electron chi connectivity index (χ3n) is 6.26. The molecule has 0 amide bonds. The summed E-state index contributed by atoms with van der Waals surface area (Å²) in [5, 5.41) is 7.13. The lowest BCUT2D eigenvalue weighted by atomic mass is 10.1.